The van der Waals surface area contributed by atoms with Gasteiger partial charge in [-0.05, 0) is 25.0 Å². The first kappa shape index (κ1) is 19.5. The summed E-state index contributed by atoms with van der Waals surface area (Å²) in [7, 11) is 0. The van der Waals surface area contributed by atoms with E-state index in [0.717, 1.165) is 42.1 Å². The summed E-state index contributed by atoms with van der Waals surface area (Å²) in [5, 5.41) is 16.0. The molecule has 1 aliphatic heterocycles. The molecule has 158 valence electrons. The van der Waals surface area contributed by atoms with E-state index < -0.39 is 0 Å². The van der Waals surface area contributed by atoms with Crippen molar-refractivity contribution in [1.82, 2.24) is 24.4 Å². The average molecular weight is 449 g/mol. The third-order valence-corrected chi connectivity index (χ3v) is 6.38. The lowest BCUT2D eigenvalue weighted by Gasteiger charge is -2.21. The molecule has 0 radical (unpaired) electrons. The van der Waals surface area contributed by atoms with Gasteiger partial charge in [-0.3, -0.25) is 9.20 Å². The first-order valence-corrected chi connectivity index (χ1v) is 11.1. The lowest BCUT2D eigenvalue weighted by molar-refractivity contribution is 0.0899. The van der Waals surface area contributed by atoms with E-state index in [1.54, 1.807) is 0 Å². The summed E-state index contributed by atoms with van der Waals surface area (Å²) >= 11 is 7.62. The Kier molecular flexibility index (Phi) is 5.00. The topological polar surface area (TPSA) is 99.5 Å². The standard InChI is InChI=1S/C19H21ClN6O3S/c1-10(2)17-24-25(18(27)13-7-14-12(26(13)17)8-15(20)30-14)9-16-22-23-19(29-16)21-11-3-5-28-6-4-11/h7-8,10-11H,3-6,9H2,1-2H3,(H,21,23). The number of anilines is 1. The number of hydrogen-bond acceptors (Lipinski definition) is 8. The molecule has 11 heteroatoms. The normalized spacial score (nSPS) is 15.6. The zero-order valence-corrected chi connectivity index (χ0v) is 18.2. The van der Waals surface area contributed by atoms with Gasteiger partial charge in [0.15, 0.2) is 0 Å². The Morgan fingerprint density at radius 3 is 2.83 bits per heavy atom. The van der Waals surface area contributed by atoms with Crippen LogP contribution in [0.4, 0.5) is 6.01 Å². The van der Waals surface area contributed by atoms with Gasteiger partial charge in [0, 0.05) is 25.2 Å². The van der Waals surface area contributed by atoms with Gasteiger partial charge in [0.2, 0.25) is 5.89 Å². The Morgan fingerprint density at radius 2 is 2.07 bits per heavy atom. The van der Waals surface area contributed by atoms with E-state index in [0.29, 0.717) is 21.8 Å². The zero-order chi connectivity index (χ0) is 20.8. The number of halogens is 1. The fourth-order valence-corrected chi connectivity index (χ4v) is 4.87. The minimum absolute atomic E-state index is 0.0991. The van der Waals surface area contributed by atoms with Gasteiger partial charge in [-0.2, -0.15) is 5.10 Å². The van der Waals surface area contributed by atoms with E-state index in [-0.39, 0.29) is 24.1 Å². The number of nitrogens with zero attached hydrogens (tertiary/aromatic N) is 5. The SMILES string of the molecule is CC(C)c1nn(Cc2nnc(NC3CCOCC3)o2)c(=O)c2cc3sc(Cl)cc3n12. The maximum atomic E-state index is 13.1. The summed E-state index contributed by atoms with van der Waals surface area (Å²) in [5.41, 5.74) is 1.25. The number of fused-ring (bicyclic) bond motifs is 3. The fraction of sp³-hybridized carbons (Fsp3) is 0.474. The molecule has 5 rings (SSSR count). The van der Waals surface area contributed by atoms with E-state index in [1.807, 2.05) is 30.4 Å². The van der Waals surface area contributed by atoms with Crippen LogP contribution in [-0.4, -0.2) is 43.6 Å². The van der Waals surface area contributed by atoms with E-state index in [4.69, 9.17) is 20.8 Å². The second kappa shape index (κ2) is 7.68. The molecule has 0 amide bonds. The Morgan fingerprint density at radius 1 is 1.27 bits per heavy atom. The van der Waals surface area contributed by atoms with Crippen molar-refractivity contribution in [3.8, 4) is 0 Å². The van der Waals surface area contributed by atoms with Gasteiger partial charge in [-0.1, -0.05) is 30.5 Å². The molecule has 1 N–H and O–H groups in total. The summed E-state index contributed by atoms with van der Waals surface area (Å²) in [6, 6.07) is 4.34. The van der Waals surface area contributed by atoms with E-state index in [1.165, 1.54) is 16.0 Å². The summed E-state index contributed by atoms with van der Waals surface area (Å²) < 4.78 is 16.0. The maximum Gasteiger partial charge on any atom is 0.315 e. The van der Waals surface area contributed by atoms with Crippen LogP contribution in [0.1, 0.15) is 44.3 Å². The highest BCUT2D eigenvalue weighted by atomic mass is 35.5. The lowest BCUT2D eigenvalue weighted by atomic mass is 10.1. The second-order valence-electron chi connectivity index (χ2n) is 7.67. The van der Waals surface area contributed by atoms with Gasteiger partial charge < -0.3 is 14.5 Å². The molecule has 9 nitrogen and oxygen atoms in total. The quantitative estimate of drug-likeness (QED) is 0.498. The number of rotatable bonds is 5. The van der Waals surface area contributed by atoms with Crippen molar-refractivity contribution in [3.05, 3.63) is 38.5 Å². The smallest absolute Gasteiger partial charge is 0.315 e. The zero-order valence-electron chi connectivity index (χ0n) is 16.6. The molecule has 30 heavy (non-hydrogen) atoms. The van der Waals surface area contributed by atoms with Gasteiger partial charge in [0.05, 0.1) is 14.6 Å². The van der Waals surface area contributed by atoms with Crippen LogP contribution in [0.2, 0.25) is 4.34 Å². The molecular weight excluding hydrogens is 428 g/mol. The van der Waals surface area contributed by atoms with Crippen molar-refractivity contribution in [2.24, 2.45) is 0 Å². The van der Waals surface area contributed by atoms with Crippen LogP contribution in [0.3, 0.4) is 0 Å². The largest absolute Gasteiger partial charge is 0.406 e. The molecule has 4 aromatic rings. The first-order chi connectivity index (χ1) is 14.5. The van der Waals surface area contributed by atoms with Gasteiger partial charge in [0.25, 0.3) is 5.56 Å². The number of nitrogens with one attached hydrogen (secondary N) is 1. The highest BCUT2D eigenvalue weighted by Gasteiger charge is 2.20. The Hall–Kier alpha value is -2.43. The van der Waals surface area contributed by atoms with Crippen molar-refractivity contribution in [3.63, 3.8) is 0 Å². The summed E-state index contributed by atoms with van der Waals surface area (Å²) in [4.78, 5) is 13.1. The Bertz CT molecular complexity index is 1270. The predicted octanol–water partition coefficient (Wildman–Crippen LogP) is 3.51. The fourth-order valence-electron chi connectivity index (χ4n) is 3.71. The van der Waals surface area contributed by atoms with Crippen LogP contribution in [-0.2, 0) is 11.3 Å². The minimum Gasteiger partial charge on any atom is -0.406 e. The van der Waals surface area contributed by atoms with Crippen molar-refractivity contribution in [1.29, 1.82) is 0 Å². The van der Waals surface area contributed by atoms with Gasteiger partial charge in [0.1, 0.15) is 17.9 Å². The molecule has 0 spiro atoms. The molecular formula is C19H21ClN6O3S. The Balaban J connectivity index is 1.49. The number of aromatic nitrogens is 5. The predicted molar refractivity (Wildman–Crippen MR) is 115 cm³/mol. The third-order valence-electron chi connectivity index (χ3n) is 5.18. The van der Waals surface area contributed by atoms with E-state index in [2.05, 4.69) is 20.6 Å². The van der Waals surface area contributed by atoms with Gasteiger partial charge >= 0.3 is 6.01 Å². The van der Waals surface area contributed by atoms with Crippen LogP contribution < -0.4 is 10.9 Å². The molecule has 0 atom stereocenters. The van der Waals surface area contributed by atoms with Gasteiger partial charge in [-0.15, -0.1) is 16.4 Å². The molecule has 1 fully saturated rings. The molecule has 0 unspecified atom stereocenters. The van der Waals surface area contributed by atoms with Crippen molar-refractivity contribution in [2.75, 3.05) is 18.5 Å². The van der Waals surface area contributed by atoms with Gasteiger partial charge in [-0.25, -0.2) is 4.68 Å². The van der Waals surface area contributed by atoms with Crippen molar-refractivity contribution >= 4 is 44.7 Å². The minimum atomic E-state index is -0.212. The van der Waals surface area contributed by atoms with E-state index in [9.17, 15) is 4.79 Å². The van der Waals surface area contributed by atoms with Crippen LogP contribution in [0, 0.1) is 0 Å². The number of ether oxygens (including phenoxy) is 1. The van der Waals surface area contributed by atoms with Crippen LogP contribution >= 0.6 is 22.9 Å². The summed E-state index contributed by atoms with van der Waals surface area (Å²) in [6.45, 7) is 5.63. The summed E-state index contributed by atoms with van der Waals surface area (Å²) in [6.07, 6.45) is 1.78. The highest BCUT2D eigenvalue weighted by molar-refractivity contribution is 7.22. The first-order valence-electron chi connectivity index (χ1n) is 9.88. The molecule has 0 aliphatic carbocycles. The van der Waals surface area contributed by atoms with Crippen LogP contribution in [0.5, 0.6) is 0 Å². The molecule has 5 heterocycles. The monoisotopic (exact) mass is 448 g/mol. The lowest BCUT2D eigenvalue weighted by Crippen LogP contribution is -2.28. The molecule has 0 saturated carbocycles. The van der Waals surface area contributed by atoms with Crippen molar-refractivity contribution < 1.29 is 9.15 Å². The van der Waals surface area contributed by atoms with Crippen LogP contribution in [0.15, 0.2) is 21.3 Å². The number of hydrogen-bond donors (Lipinski definition) is 1. The van der Waals surface area contributed by atoms with E-state index >= 15 is 0 Å². The average Bonchev–Trinajstić information content (AvgIpc) is 3.39. The summed E-state index contributed by atoms with van der Waals surface area (Å²) in [5.74, 6) is 1.20. The third kappa shape index (κ3) is 3.48. The Labute approximate surface area is 180 Å². The molecule has 1 saturated heterocycles. The molecule has 4 aromatic heterocycles. The second-order valence-corrected chi connectivity index (χ2v) is 9.39. The molecule has 0 bridgehead atoms. The van der Waals surface area contributed by atoms with Crippen LogP contribution in [0.25, 0.3) is 15.7 Å². The molecule has 0 aromatic carbocycles. The highest BCUT2D eigenvalue weighted by Crippen LogP contribution is 2.32. The molecule has 1 aliphatic rings. The maximum absolute atomic E-state index is 13.1. The number of thiophene rings is 1. The van der Waals surface area contributed by atoms with Crippen molar-refractivity contribution in [2.45, 2.75) is 45.2 Å².